The van der Waals surface area contributed by atoms with E-state index in [-0.39, 0.29) is 0 Å². The van der Waals surface area contributed by atoms with E-state index in [1.165, 1.54) is 0 Å². The van der Waals surface area contributed by atoms with E-state index in [1.54, 1.807) is 6.07 Å². The molecule has 1 aliphatic heterocycles. The molecule has 0 bridgehead atoms. The third-order valence-corrected chi connectivity index (χ3v) is 4.07. The van der Waals surface area contributed by atoms with E-state index < -0.39 is 0 Å². The average molecular weight is 310 g/mol. The van der Waals surface area contributed by atoms with Crippen LogP contribution in [0.1, 0.15) is 11.3 Å². The van der Waals surface area contributed by atoms with Gasteiger partial charge in [0.25, 0.3) is 0 Å². The van der Waals surface area contributed by atoms with Crippen molar-refractivity contribution in [1.82, 2.24) is 9.97 Å². The van der Waals surface area contributed by atoms with Crippen molar-refractivity contribution in [3.8, 4) is 11.4 Å². The van der Waals surface area contributed by atoms with E-state index in [1.807, 2.05) is 19.2 Å². The van der Waals surface area contributed by atoms with Crippen LogP contribution in [0.4, 0.5) is 5.82 Å². The Morgan fingerprint density at radius 3 is 2.90 bits per heavy atom. The van der Waals surface area contributed by atoms with Gasteiger partial charge in [0.15, 0.2) is 5.82 Å². The minimum Gasteiger partial charge on any atom is -0.376 e. The van der Waals surface area contributed by atoms with Crippen LogP contribution in [0.15, 0.2) is 18.2 Å². The number of nitrogens with one attached hydrogen (secondary N) is 1. The van der Waals surface area contributed by atoms with Crippen LogP contribution in [-0.4, -0.2) is 23.6 Å². The van der Waals surface area contributed by atoms with Gasteiger partial charge in [-0.15, -0.1) is 0 Å². The maximum absolute atomic E-state index is 6.25. The second-order valence-corrected chi connectivity index (χ2v) is 5.26. The summed E-state index contributed by atoms with van der Waals surface area (Å²) in [5.41, 5.74) is 2.76. The number of ether oxygens (including phenoxy) is 1. The fourth-order valence-corrected chi connectivity index (χ4v) is 2.62. The monoisotopic (exact) mass is 309 g/mol. The molecule has 6 heteroatoms. The summed E-state index contributed by atoms with van der Waals surface area (Å²) in [6.45, 7) is 1.21. The molecule has 1 N–H and O–H groups in total. The molecule has 0 atom stereocenters. The van der Waals surface area contributed by atoms with E-state index in [9.17, 15) is 0 Å². The number of nitrogens with zero attached hydrogens (tertiary/aromatic N) is 2. The van der Waals surface area contributed by atoms with Gasteiger partial charge < -0.3 is 10.1 Å². The first kappa shape index (κ1) is 13.6. The van der Waals surface area contributed by atoms with E-state index in [2.05, 4.69) is 15.3 Å². The standard InChI is InChI=1S/C14H13Cl2N3O/c1-17-13-9-7-20-6-5-11(9)18-14(19-13)8-3-2-4-10(15)12(8)16/h2-4H,5-7H2,1H3,(H,17,18,19). The molecule has 2 heterocycles. The van der Waals surface area contributed by atoms with Gasteiger partial charge in [-0.3, -0.25) is 0 Å². The Morgan fingerprint density at radius 1 is 1.25 bits per heavy atom. The van der Waals surface area contributed by atoms with Gasteiger partial charge in [-0.1, -0.05) is 29.3 Å². The Bertz CT molecular complexity index is 644. The molecular formula is C14H13Cl2N3O. The van der Waals surface area contributed by atoms with Crippen molar-refractivity contribution in [2.45, 2.75) is 13.0 Å². The van der Waals surface area contributed by atoms with Gasteiger partial charge in [-0.25, -0.2) is 9.97 Å². The van der Waals surface area contributed by atoms with E-state index >= 15 is 0 Å². The number of anilines is 1. The van der Waals surface area contributed by atoms with Crippen LogP contribution in [0.2, 0.25) is 10.0 Å². The molecule has 3 rings (SSSR count). The summed E-state index contributed by atoms with van der Waals surface area (Å²) in [7, 11) is 1.83. The Kier molecular flexibility index (Phi) is 3.78. The summed E-state index contributed by atoms with van der Waals surface area (Å²) in [5, 5.41) is 4.07. The van der Waals surface area contributed by atoms with Crippen LogP contribution in [-0.2, 0) is 17.8 Å². The fourth-order valence-electron chi connectivity index (χ4n) is 2.24. The lowest BCUT2D eigenvalue weighted by atomic mass is 10.1. The molecule has 0 unspecified atom stereocenters. The van der Waals surface area contributed by atoms with Crippen molar-refractivity contribution in [3.05, 3.63) is 39.5 Å². The molecule has 1 aliphatic rings. The first-order valence-corrected chi connectivity index (χ1v) is 7.06. The van der Waals surface area contributed by atoms with Gasteiger partial charge >= 0.3 is 0 Å². The second-order valence-electron chi connectivity index (χ2n) is 4.48. The van der Waals surface area contributed by atoms with Crippen molar-refractivity contribution in [1.29, 1.82) is 0 Å². The first-order valence-electron chi connectivity index (χ1n) is 6.30. The molecule has 2 aromatic rings. The maximum atomic E-state index is 6.25. The number of halogens is 2. The minimum absolute atomic E-state index is 0.475. The van der Waals surface area contributed by atoms with Crippen LogP contribution in [0.25, 0.3) is 11.4 Å². The fraction of sp³-hybridized carbons (Fsp3) is 0.286. The lowest BCUT2D eigenvalue weighted by molar-refractivity contribution is 0.109. The molecule has 0 amide bonds. The minimum atomic E-state index is 0.475. The average Bonchev–Trinajstić information content (AvgIpc) is 2.49. The van der Waals surface area contributed by atoms with E-state index in [4.69, 9.17) is 27.9 Å². The van der Waals surface area contributed by atoms with Gasteiger partial charge in [0.2, 0.25) is 0 Å². The summed E-state index contributed by atoms with van der Waals surface area (Å²) in [4.78, 5) is 9.15. The molecule has 104 valence electrons. The molecule has 0 saturated heterocycles. The Balaban J connectivity index is 2.17. The molecule has 0 fully saturated rings. The highest BCUT2D eigenvalue weighted by molar-refractivity contribution is 6.43. The lowest BCUT2D eigenvalue weighted by Crippen LogP contribution is -2.16. The van der Waals surface area contributed by atoms with Gasteiger partial charge in [0.1, 0.15) is 5.82 Å². The highest BCUT2D eigenvalue weighted by Gasteiger charge is 2.19. The predicted octanol–water partition coefficient (Wildman–Crippen LogP) is 3.56. The van der Waals surface area contributed by atoms with Crippen molar-refractivity contribution >= 4 is 29.0 Å². The van der Waals surface area contributed by atoms with Crippen LogP contribution >= 0.6 is 23.2 Å². The molecule has 0 aliphatic carbocycles. The van der Waals surface area contributed by atoms with Crippen molar-refractivity contribution in [2.75, 3.05) is 19.0 Å². The third kappa shape index (κ3) is 2.35. The molecule has 0 radical (unpaired) electrons. The Hall–Kier alpha value is -1.36. The number of aromatic nitrogens is 2. The van der Waals surface area contributed by atoms with E-state index in [0.717, 1.165) is 29.1 Å². The van der Waals surface area contributed by atoms with Crippen molar-refractivity contribution < 1.29 is 4.74 Å². The molecule has 4 nitrogen and oxygen atoms in total. The molecule has 1 aromatic carbocycles. The number of hydrogen-bond donors (Lipinski definition) is 1. The molecule has 1 aromatic heterocycles. The highest BCUT2D eigenvalue weighted by Crippen LogP contribution is 2.33. The van der Waals surface area contributed by atoms with Crippen LogP contribution in [0.3, 0.4) is 0 Å². The van der Waals surface area contributed by atoms with Gasteiger partial charge in [0, 0.05) is 24.6 Å². The summed E-state index contributed by atoms with van der Waals surface area (Å²) in [6, 6.07) is 5.46. The van der Waals surface area contributed by atoms with Crippen LogP contribution in [0.5, 0.6) is 0 Å². The zero-order chi connectivity index (χ0) is 14.1. The summed E-state index contributed by atoms with van der Waals surface area (Å²) in [5.74, 6) is 1.36. The molecule has 0 saturated carbocycles. The number of benzene rings is 1. The van der Waals surface area contributed by atoms with E-state index in [0.29, 0.717) is 29.1 Å². The zero-order valence-corrected chi connectivity index (χ0v) is 12.4. The first-order chi connectivity index (χ1) is 9.70. The van der Waals surface area contributed by atoms with Crippen LogP contribution < -0.4 is 5.32 Å². The quantitative estimate of drug-likeness (QED) is 0.921. The molecule has 20 heavy (non-hydrogen) atoms. The van der Waals surface area contributed by atoms with Crippen LogP contribution in [0, 0.1) is 0 Å². The highest BCUT2D eigenvalue weighted by atomic mass is 35.5. The van der Waals surface area contributed by atoms with Gasteiger partial charge in [-0.2, -0.15) is 0 Å². The molecular weight excluding hydrogens is 297 g/mol. The zero-order valence-electron chi connectivity index (χ0n) is 10.9. The Morgan fingerprint density at radius 2 is 2.10 bits per heavy atom. The normalized spacial score (nSPS) is 13.9. The van der Waals surface area contributed by atoms with Gasteiger partial charge in [0.05, 0.1) is 29.0 Å². The SMILES string of the molecule is CNc1nc(-c2cccc(Cl)c2Cl)nc2c1COCC2. The Labute approximate surface area is 127 Å². The summed E-state index contributed by atoms with van der Waals surface area (Å²) < 4.78 is 5.46. The summed E-state index contributed by atoms with van der Waals surface area (Å²) in [6.07, 6.45) is 0.776. The lowest BCUT2D eigenvalue weighted by Gasteiger charge is -2.19. The summed E-state index contributed by atoms with van der Waals surface area (Å²) >= 11 is 12.3. The number of fused-ring (bicyclic) bond motifs is 1. The smallest absolute Gasteiger partial charge is 0.163 e. The van der Waals surface area contributed by atoms with Gasteiger partial charge in [-0.05, 0) is 12.1 Å². The largest absolute Gasteiger partial charge is 0.376 e. The maximum Gasteiger partial charge on any atom is 0.163 e. The van der Waals surface area contributed by atoms with Crippen molar-refractivity contribution in [2.24, 2.45) is 0 Å². The molecule has 0 spiro atoms. The topological polar surface area (TPSA) is 47.0 Å². The second kappa shape index (κ2) is 5.56. The third-order valence-electron chi connectivity index (χ3n) is 3.25. The predicted molar refractivity (Wildman–Crippen MR) is 80.4 cm³/mol. The van der Waals surface area contributed by atoms with Crippen molar-refractivity contribution in [3.63, 3.8) is 0 Å². The number of hydrogen-bond acceptors (Lipinski definition) is 4. The number of rotatable bonds is 2.